The van der Waals surface area contributed by atoms with Gasteiger partial charge in [0.1, 0.15) is 5.76 Å². The van der Waals surface area contributed by atoms with Crippen LogP contribution in [0.3, 0.4) is 0 Å². The van der Waals surface area contributed by atoms with Gasteiger partial charge in [-0.3, -0.25) is 9.69 Å². The van der Waals surface area contributed by atoms with E-state index in [1.165, 1.54) is 0 Å². The molecule has 1 amide bonds. The molecular weight excluding hydrogens is 244 g/mol. The molecule has 1 N–H and O–H groups in total. The molecule has 1 saturated carbocycles. The molecule has 1 aliphatic heterocycles. The highest BCUT2D eigenvalue weighted by atomic mass is 16.5. The van der Waals surface area contributed by atoms with Gasteiger partial charge in [0.15, 0.2) is 0 Å². The van der Waals surface area contributed by atoms with Crippen molar-refractivity contribution in [3.63, 3.8) is 0 Å². The highest BCUT2D eigenvalue weighted by Gasteiger charge is 2.31. The van der Waals surface area contributed by atoms with Gasteiger partial charge in [0, 0.05) is 25.6 Å². The number of morpholine rings is 1. The minimum Gasteiger partial charge on any atom is -0.468 e. The zero-order chi connectivity index (χ0) is 13.1. The SMILES string of the molecule is O=C(NC[C@H](c1ccco1)N1CCOCC1)C1CC1. The second-order valence-corrected chi connectivity index (χ2v) is 5.20. The first-order valence-electron chi connectivity index (χ1n) is 6.97. The van der Waals surface area contributed by atoms with Crippen LogP contribution in [0.5, 0.6) is 0 Å². The van der Waals surface area contributed by atoms with Crippen LogP contribution in [0.1, 0.15) is 24.6 Å². The quantitative estimate of drug-likeness (QED) is 0.867. The summed E-state index contributed by atoms with van der Waals surface area (Å²) in [5.74, 6) is 1.35. The first kappa shape index (κ1) is 12.7. The van der Waals surface area contributed by atoms with Gasteiger partial charge in [0.25, 0.3) is 0 Å². The van der Waals surface area contributed by atoms with E-state index in [1.807, 2.05) is 12.1 Å². The molecule has 0 unspecified atom stereocenters. The van der Waals surface area contributed by atoms with E-state index in [0.29, 0.717) is 6.54 Å². The largest absolute Gasteiger partial charge is 0.468 e. The standard InChI is InChI=1S/C14H20N2O3/c17-14(11-3-4-11)15-10-12(13-2-1-7-19-13)16-5-8-18-9-6-16/h1-2,7,11-12H,3-6,8-10H2,(H,15,17)/t12-/m1/s1. The lowest BCUT2D eigenvalue weighted by molar-refractivity contribution is -0.122. The maximum absolute atomic E-state index is 11.8. The van der Waals surface area contributed by atoms with E-state index >= 15 is 0 Å². The van der Waals surface area contributed by atoms with Gasteiger partial charge >= 0.3 is 0 Å². The van der Waals surface area contributed by atoms with Crippen molar-refractivity contribution in [3.8, 4) is 0 Å². The van der Waals surface area contributed by atoms with Crippen molar-refractivity contribution in [2.75, 3.05) is 32.8 Å². The molecule has 2 fully saturated rings. The number of carbonyl (C=O) groups excluding carboxylic acids is 1. The van der Waals surface area contributed by atoms with Crippen LogP contribution in [0.2, 0.25) is 0 Å². The second-order valence-electron chi connectivity index (χ2n) is 5.20. The topological polar surface area (TPSA) is 54.7 Å². The summed E-state index contributed by atoms with van der Waals surface area (Å²) >= 11 is 0. The fraction of sp³-hybridized carbons (Fsp3) is 0.643. The molecule has 1 aromatic heterocycles. The van der Waals surface area contributed by atoms with Gasteiger partial charge in [-0.05, 0) is 25.0 Å². The molecule has 19 heavy (non-hydrogen) atoms. The number of amides is 1. The van der Waals surface area contributed by atoms with Crippen LogP contribution in [0, 0.1) is 5.92 Å². The van der Waals surface area contributed by atoms with Crippen LogP contribution in [0.4, 0.5) is 0 Å². The summed E-state index contributed by atoms with van der Waals surface area (Å²) in [5.41, 5.74) is 0. The lowest BCUT2D eigenvalue weighted by atomic mass is 10.1. The van der Waals surface area contributed by atoms with Crippen molar-refractivity contribution < 1.29 is 13.9 Å². The Labute approximate surface area is 112 Å². The zero-order valence-corrected chi connectivity index (χ0v) is 11.0. The maximum atomic E-state index is 11.8. The Hall–Kier alpha value is -1.33. The number of hydrogen-bond acceptors (Lipinski definition) is 4. The van der Waals surface area contributed by atoms with Crippen molar-refractivity contribution in [1.29, 1.82) is 0 Å². The van der Waals surface area contributed by atoms with Gasteiger partial charge in [0.05, 0.1) is 25.5 Å². The molecule has 1 saturated heterocycles. The summed E-state index contributed by atoms with van der Waals surface area (Å²) in [7, 11) is 0. The Balaban J connectivity index is 1.63. The van der Waals surface area contributed by atoms with Crippen molar-refractivity contribution in [1.82, 2.24) is 10.2 Å². The van der Waals surface area contributed by atoms with Gasteiger partial charge in [-0.1, -0.05) is 0 Å². The Morgan fingerprint density at radius 1 is 1.42 bits per heavy atom. The Bertz CT molecular complexity index is 408. The lowest BCUT2D eigenvalue weighted by Crippen LogP contribution is -2.43. The van der Waals surface area contributed by atoms with Crippen LogP contribution in [0.25, 0.3) is 0 Å². The highest BCUT2D eigenvalue weighted by Crippen LogP contribution is 2.29. The van der Waals surface area contributed by atoms with E-state index in [1.54, 1.807) is 6.26 Å². The van der Waals surface area contributed by atoms with Gasteiger partial charge in [-0.2, -0.15) is 0 Å². The van der Waals surface area contributed by atoms with E-state index in [2.05, 4.69) is 10.2 Å². The average molecular weight is 264 g/mol. The third kappa shape index (κ3) is 3.16. The van der Waals surface area contributed by atoms with Crippen molar-refractivity contribution in [2.45, 2.75) is 18.9 Å². The molecule has 0 radical (unpaired) electrons. The van der Waals surface area contributed by atoms with Crippen LogP contribution < -0.4 is 5.32 Å². The first-order valence-corrected chi connectivity index (χ1v) is 6.97. The molecule has 104 valence electrons. The third-order valence-corrected chi connectivity index (χ3v) is 3.78. The van der Waals surface area contributed by atoms with Crippen LogP contribution >= 0.6 is 0 Å². The van der Waals surface area contributed by atoms with Crippen molar-refractivity contribution in [3.05, 3.63) is 24.2 Å². The molecule has 1 aliphatic carbocycles. The van der Waals surface area contributed by atoms with Crippen LogP contribution in [0.15, 0.2) is 22.8 Å². The average Bonchev–Trinajstić information content (AvgIpc) is 3.17. The first-order chi connectivity index (χ1) is 9.34. The molecule has 5 nitrogen and oxygen atoms in total. The molecule has 0 bridgehead atoms. The van der Waals surface area contributed by atoms with Crippen molar-refractivity contribution in [2.24, 2.45) is 5.92 Å². The molecular formula is C14H20N2O3. The molecule has 2 heterocycles. The summed E-state index contributed by atoms with van der Waals surface area (Å²) < 4.78 is 10.9. The molecule has 5 heteroatoms. The molecule has 0 spiro atoms. The van der Waals surface area contributed by atoms with E-state index in [9.17, 15) is 4.79 Å². The number of nitrogens with one attached hydrogen (secondary N) is 1. The summed E-state index contributed by atoms with van der Waals surface area (Å²) in [5, 5.41) is 3.05. The minimum atomic E-state index is 0.113. The molecule has 1 atom stereocenters. The Kier molecular flexibility index (Phi) is 3.84. The monoisotopic (exact) mass is 264 g/mol. The van der Waals surface area contributed by atoms with E-state index in [0.717, 1.165) is 44.9 Å². The molecule has 2 aliphatic rings. The second kappa shape index (κ2) is 5.75. The van der Waals surface area contributed by atoms with E-state index < -0.39 is 0 Å². The highest BCUT2D eigenvalue weighted by molar-refractivity contribution is 5.80. The summed E-state index contributed by atoms with van der Waals surface area (Å²) in [6, 6.07) is 3.98. The number of hydrogen-bond donors (Lipinski definition) is 1. The molecule has 1 aromatic rings. The van der Waals surface area contributed by atoms with Gasteiger partial charge in [0.2, 0.25) is 5.91 Å². The van der Waals surface area contributed by atoms with Crippen LogP contribution in [-0.2, 0) is 9.53 Å². The predicted octanol–water partition coefficient (Wildman–Crippen LogP) is 1.18. The van der Waals surface area contributed by atoms with Gasteiger partial charge in [-0.15, -0.1) is 0 Å². The number of carbonyl (C=O) groups is 1. The smallest absolute Gasteiger partial charge is 0.223 e. The van der Waals surface area contributed by atoms with Gasteiger partial charge < -0.3 is 14.5 Å². The summed E-state index contributed by atoms with van der Waals surface area (Å²) in [4.78, 5) is 14.1. The Morgan fingerprint density at radius 3 is 2.84 bits per heavy atom. The fourth-order valence-corrected chi connectivity index (χ4v) is 2.47. The number of rotatable bonds is 5. The predicted molar refractivity (Wildman–Crippen MR) is 69.6 cm³/mol. The Morgan fingerprint density at radius 2 is 2.21 bits per heavy atom. The summed E-state index contributed by atoms with van der Waals surface area (Å²) in [6.07, 6.45) is 3.76. The zero-order valence-electron chi connectivity index (χ0n) is 11.0. The van der Waals surface area contributed by atoms with E-state index in [-0.39, 0.29) is 17.9 Å². The molecule has 0 aromatic carbocycles. The normalized spacial score (nSPS) is 22.1. The third-order valence-electron chi connectivity index (χ3n) is 3.78. The number of furan rings is 1. The molecule has 3 rings (SSSR count). The van der Waals surface area contributed by atoms with Gasteiger partial charge in [-0.25, -0.2) is 0 Å². The number of nitrogens with zero attached hydrogens (tertiary/aromatic N) is 1. The van der Waals surface area contributed by atoms with E-state index in [4.69, 9.17) is 9.15 Å². The summed E-state index contributed by atoms with van der Waals surface area (Å²) in [6.45, 7) is 3.86. The minimum absolute atomic E-state index is 0.113. The fourth-order valence-electron chi connectivity index (χ4n) is 2.47. The van der Waals surface area contributed by atoms with Crippen molar-refractivity contribution >= 4 is 5.91 Å². The van der Waals surface area contributed by atoms with Crippen LogP contribution in [-0.4, -0.2) is 43.7 Å². The number of ether oxygens (including phenoxy) is 1. The lowest BCUT2D eigenvalue weighted by Gasteiger charge is -2.33. The maximum Gasteiger partial charge on any atom is 0.223 e.